The van der Waals surface area contributed by atoms with Crippen LogP contribution in [0.1, 0.15) is 174 Å². The molecule has 0 bridgehead atoms. The van der Waals surface area contributed by atoms with Crippen molar-refractivity contribution in [1.82, 2.24) is 18.0 Å². The number of nitrogens with one attached hydrogen (secondary N) is 1. The van der Waals surface area contributed by atoms with Gasteiger partial charge in [0, 0.05) is 108 Å². The van der Waals surface area contributed by atoms with E-state index in [2.05, 4.69) is 235 Å². The Morgan fingerprint density at radius 3 is 0.993 bits per heavy atom. The van der Waals surface area contributed by atoms with Crippen molar-refractivity contribution in [3.8, 4) is 55.6 Å². The number of aliphatic hydroxyl groups excluding tert-OH is 1. The van der Waals surface area contributed by atoms with Crippen LogP contribution in [0, 0.1) is 34.5 Å². The second-order valence-corrected chi connectivity index (χ2v) is 47.3. The van der Waals surface area contributed by atoms with E-state index >= 15 is 0 Å². The summed E-state index contributed by atoms with van der Waals surface area (Å²) in [4.78, 5) is 30.6. The van der Waals surface area contributed by atoms with E-state index in [0.717, 1.165) is 39.0 Å². The molecule has 21 nitrogen and oxygen atoms in total. The van der Waals surface area contributed by atoms with E-state index < -0.39 is 62.4 Å². The number of hydrogen-bond donors (Lipinski definition) is 3. The van der Waals surface area contributed by atoms with E-state index in [1.807, 2.05) is 96.5 Å². The number of piperidine rings is 2. The standard InChI is InChI=1S/C35H49N5O8S2.C32H32NO2P.C28H22O3P.C14H12O.C4H10Cl2NP.ClH/c1-7-25(6)32(36)35(41)47-20-48-38-34-28-10-8-26(49(43,44)39-16-21(2)12-22(3)17-39)14-30(28)33(37-42)31-15-27(9-11-29(31)34)50(45,46)40-18-23(4)13-24(5)19-40;1-3-33(4-2)36(34-21-31-27-17-9-5-13-23(27)24-14-6-10-18-28(24)31)35-22-32-29-19-11-7-15-25(29)26-16-8-12-20-30(26)32;29-32(30-17-27-23-13-5-1-9-19(23)20-10-2-6-14-24(20)27)31-18-28-25-15-7-3-11-21(25)22-12-4-8-16-26(22)28;15-9-14-12-7-3-1-5-10(12)11-6-2-4-8-13(11)14;1-3-7(4-2)8(5)6;/h8-11,14-15,21-25,32,38H,7,12-13,16-20,36H2,1-6H3;5-20,31-32H,3-4,21-22H2,1-2H3;1-16,27-28H,17-18H2;1-8,14-15H,9H2;3-4H2,1-2H3;1H/q;;+1;;;/t21-,22+,23-,24+,25?,32?;;;;;. The van der Waals surface area contributed by atoms with Crippen molar-refractivity contribution in [3.63, 3.8) is 0 Å². The zero-order valence-corrected chi connectivity index (χ0v) is 88.5. The highest BCUT2D eigenvalue weighted by Gasteiger charge is 2.41. The molecule has 13 aromatic rings. The summed E-state index contributed by atoms with van der Waals surface area (Å²) in [7, 11) is -11.3. The molecule has 0 amide bonds. The van der Waals surface area contributed by atoms with Crippen molar-refractivity contribution >= 4 is 117 Å². The Balaban J connectivity index is 0.000000146. The fraction of sp³-hybridized carbons (Fsp3) is 0.336. The number of nitroso groups, excluding NO2 is 1. The first-order chi connectivity index (χ1) is 68.3. The van der Waals surface area contributed by atoms with Gasteiger partial charge in [0.25, 0.3) is 8.53 Å². The molecule has 2 heterocycles. The van der Waals surface area contributed by atoms with Crippen LogP contribution in [0.2, 0.25) is 0 Å². The molecular formula is C113H126Cl3N7O14P3S2+. The Bertz CT molecular complexity index is 6320. The Kier molecular flexibility index (Phi) is 36.6. The van der Waals surface area contributed by atoms with Gasteiger partial charge >= 0.3 is 14.2 Å². The number of sulfonamides is 2. The maximum atomic E-state index is 13.9. The smallest absolute Gasteiger partial charge is 0.435 e. The summed E-state index contributed by atoms with van der Waals surface area (Å²) in [6, 6.07) is 93.1. The third kappa shape index (κ3) is 23.2. The van der Waals surface area contributed by atoms with Gasteiger partial charge in [0.05, 0.1) is 35.3 Å². The van der Waals surface area contributed by atoms with Gasteiger partial charge in [-0.1, -0.05) is 353 Å². The molecule has 2 fully saturated rings. The third-order valence-electron chi connectivity index (χ3n) is 28.3. The minimum absolute atomic E-state index is 0. The fourth-order valence-electron chi connectivity index (χ4n) is 21.3. The molecule has 6 atom stereocenters. The Hall–Kier alpha value is -9.46. The average molecular weight is 2070 g/mol. The van der Waals surface area contributed by atoms with Crippen molar-refractivity contribution in [2.75, 3.05) is 97.7 Å². The molecule has 0 saturated carbocycles. The van der Waals surface area contributed by atoms with Crippen molar-refractivity contribution in [2.24, 2.45) is 40.5 Å². The van der Waals surface area contributed by atoms with Gasteiger partial charge in [-0.2, -0.15) is 8.61 Å². The molecule has 5 aliphatic carbocycles. The molecule has 20 rings (SSSR count). The molecule has 0 radical (unpaired) electrons. The van der Waals surface area contributed by atoms with Crippen LogP contribution in [0.25, 0.3) is 77.2 Å². The second kappa shape index (κ2) is 48.7. The maximum Gasteiger partial charge on any atom is 0.697 e. The number of nitrogens with two attached hydrogens (primary N) is 1. The van der Waals surface area contributed by atoms with Crippen molar-refractivity contribution in [3.05, 3.63) is 340 Å². The maximum absolute atomic E-state index is 13.9. The first-order valence-corrected chi connectivity index (χ1v) is 57.1. The molecule has 4 N–H and O–H groups in total. The van der Waals surface area contributed by atoms with E-state index in [1.54, 1.807) is 12.1 Å². The van der Waals surface area contributed by atoms with Gasteiger partial charge < -0.3 is 24.6 Å². The number of fused-ring (bicyclic) bond motifs is 17. The monoisotopic (exact) mass is 2070 g/mol. The first-order valence-electron chi connectivity index (χ1n) is 48.9. The van der Waals surface area contributed by atoms with Gasteiger partial charge in [-0.3, -0.25) is 14.9 Å². The lowest BCUT2D eigenvalue weighted by Gasteiger charge is -2.34. The second-order valence-electron chi connectivity index (χ2n) is 37.5. The number of esters is 1. The number of hydrogen-bond acceptors (Lipinski definition) is 19. The highest BCUT2D eigenvalue weighted by molar-refractivity contribution is 8.02. The van der Waals surface area contributed by atoms with Crippen molar-refractivity contribution in [1.29, 1.82) is 0 Å². The van der Waals surface area contributed by atoms with Crippen LogP contribution >= 0.6 is 58.4 Å². The number of aliphatic hydroxyl groups is 1. The van der Waals surface area contributed by atoms with Crippen LogP contribution < -0.4 is 11.2 Å². The van der Waals surface area contributed by atoms with Crippen LogP contribution in [-0.4, -0.2) is 144 Å². The van der Waals surface area contributed by atoms with E-state index in [1.165, 1.54) is 144 Å². The number of carbonyl (C=O) groups is 1. The summed E-state index contributed by atoms with van der Waals surface area (Å²) in [6.07, 6.45) is 2.53. The third-order valence-corrected chi connectivity index (χ3v) is 36.7. The van der Waals surface area contributed by atoms with Gasteiger partial charge in [-0.25, -0.2) is 26.3 Å². The molecule has 7 aliphatic rings. The molecule has 744 valence electrons. The predicted octanol–water partition coefficient (Wildman–Crippen LogP) is 27.7. The summed E-state index contributed by atoms with van der Waals surface area (Å²) >= 11 is 11.2. The zero-order chi connectivity index (χ0) is 99.3. The van der Waals surface area contributed by atoms with Crippen molar-refractivity contribution < 1.29 is 59.0 Å². The molecule has 2 saturated heterocycles. The minimum atomic E-state index is -3.95. The summed E-state index contributed by atoms with van der Waals surface area (Å²) in [5.74, 6) is 0.740. The first kappa shape index (κ1) is 107. The number of benzene rings is 13. The molecular weight excluding hydrogens is 1940 g/mol. The fourth-order valence-corrected chi connectivity index (χ4v) is 28.4. The molecule has 2 aliphatic heterocycles. The average Bonchev–Trinajstić information content (AvgIpc) is 0.755. The minimum Gasteiger partial charge on any atom is -0.435 e. The Morgan fingerprint density at radius 2 is 0.732 bits per heavy atom. The van der Waals surface area contributed by atoms with Gasteiger partial charge in [-0.05, 0) is 183 Å². The number of nitrogens with zero attached hydrogens (tertiary/aromatic N) is 5. The Labute approximate surface area is 855 Å². The molecule has 29 heteroatoms. The summed E-state index contributed by atoms with van der Waals surface area (Å²) in [5.41, 5.74) is 34.5. The van der Waals surface area contributed by atoms with E-state index in [9.17, 15) is 36.2 Å². The Morgan fingerprint density at radius 1 is 0.451 bits per heavy atom. The number of ether oxygens (including phenoxy) is 1. The SMILES string of the molecule is CCC(C)C(N)C(=O)OCONc1c2ccc(S(=O)(=O)N3C[C@H](C)C[C@H](C)C3)cc2c(N=O)c2cc(S(=O)(=O)N3C[C@H](C)C[C@H](C)C3)ccc12.CCN(CC)P(Cl)Cl.CCN(CC)P(OCC1c2ccccc2-c2ccccc21)OCC1c2ccccc2-c2ccccc21.Cl.O=[P+](OCC1c2ccccc2-c2ccccc21)OCC1c2ccccc2-c2ccccc21.OCC1c2ccccc2-c2ccccc21. The highest BCUT2D eigenvalue weighted by atomic mass is 35.9. The van der Waals surface area contributed by atoms with E-state index in [0.29, 0.717) is 75.5 Å². The van der Waals surface area contributed by atoms with Crippen LogP contribution in [0.15, 0.2) is 294 Å². The molecule has 2 unspecified atom stereocenters. The highest BCUT2D eigenvalue weighted by Crippen LogP contribution is 2.55. The summed E-state index contributed by atoms with van der Waals surface area (Å²) in [5, 5.41) is 13.9. The van der Waals surface area contributed by atoms with Crippen LogP contribution in [0.5, 0.6) is 0 Å². The lowest BCUT2D eigenvalue weighted by Crippen LogP contribution is -2.42. The lowest BCUT2D eigenvalue weighted by atomic mass is 9.94. The summed E-state index contributed by atoms with van der Waals surface area (Å²) < 4.78 is 106. The largest absolute Gasteiger partial charge is 0.697 e. The van der Waals surface area contributed by atoms with Crippen LogP contribution in [0.3, 0.4) is 0 Å². The van der Waals surface area contributed by atoms with E-state index in [4.69, 9.17) is 55.9 Å². The zero-order valence-electron chi connectivity index (χ0n) is 81.8. The van der Waals surface area contributed by atoms with E-state index in [-0.39, 0.29) is 104 Å². The van der Waals surface area contributed by atoms with Crippen LogP contribution in [-0.2, 0) is 57.1 Å². The molecule has 0 spiro atoms. The predicted molar refractivity (Wildman–Crippen MR) is 579 cm³/mol. The molecule has 0 aromatic heterocycles. The molecule has 13 aromatic carbocycles. The number of halogens is 3. The normalized spacial score (nSPS) is 17.2. The van der Waals surface area contributed by atoms with Gasteiger partial charge in [-0.15, -0.1) is 26.4 Å². The van der Waals surface area contributed by atoms with Crippen molar-refractivity contribution in [2.45, 2.75) is 134 Å². The topological polar surface area (TPSA) is 258 Å². The van der Waals surface area contributed by atoms with Gasteiger partial charge in [0.15, 0.2) is 6.78 Å². The number of rotatable bonds is 31. The number of carbonyl (C=O) groups excluding carboxylic acids is 1. The van der Waals surface area contributed by atoms with Gasteiger partial charge in [0.2, 0.25) is 26.8 Å². The lowest BCUT2D eigenvalue weighted by molar-refractivity contribution is -0.156. The van der Waals surface area contributed by atoms with Gasteiger partial charge in [0.1, 0.15) is 24.9 Å². The molecule has 142 heavy (non-hydrogen) atoms. The number of anilines is 1. The summed E-state index contributed by atoms with van der Waals surface area (Å²) in [6.45, 7) is 26.2. The van der Waals surface area contributed by atoms with Crippen LogP contribution in [0.4, 0.5) is 11.4 Å². The quantitative estimate of drug-likeness (QED) is 0.00694.